The smallest absolute Gasteiger partial charge is 0.342 e. The molecular weight excluding hydrogens is 374 g/mol. The Hall–Kier alpha value is -3.19. The standard InChI is InChI=1S/C19H14ClNO6/c1-23-15-5-3-12(20)7-14(15)19(22)24-9-13-8-17(27-21-13)11-2-4-16-18(6-11)26-10-25-16/h2-8H,9-10H2,1H3. The molecule has 4 rings (SSSR count). The molecule has 0 aliphatic carbocycles. The first-order chi connectivity index (χ1) is 13.1. The molecule has 8 heteroatoms. The third-order valence-electron chi connectivity index (χ3n) is 3.95. The average Bonchev–Trinajstić information content (AvgIpc) is 3.34. The van der Waals surface area contributed by atoms with Crippen molar-refractivity contribution < 1.29 is 28.3 Å². The number of carbonyl (C=O) groups excluding carboxylic acids is 1. The molecule has 0 saturated heterocycles. The molecule has 0 saturated carbocycles. The molecule has 1 aromatic heterocycles. The fourth-order valence-corrected chi connectivity index (χ4v) is 2.79. The fraction of sp³-hybridized carbons (Fsp3) is 0.158. The second-order valence-electron chi connectivity index (χ2n) is 5.67. The lowest BCUT2D eigenvalue weighted by molar-refractivity contribution is 0.0460. The molecule has 0 N–H and O–H groups in total. The highest BCUT2D eigenvalue weighted by Gasteiger charge is 2.18. The van der Waals surface area contributed by atoms with Crippen LogP contribution < -0.4 is 14.2 Å². The molecule has 7 nitrogen and oxygen atoms in total. The van der Waals surface area contributed by atoms with Crippen LogP contribution in [0.15, 0.2) is 47.0 Å². The zero-order valence-electron chi connectivity index (χ0n) is 14.2. The van der Waals surface area contributed by atoms with E-state index in [1.54, 1.807) is 30.3 Å². The van der Waals surface area contributed by atoms with E-state index in [1.165, 1.54) is 13.2 Å². The Morgan fingerprint density at radius 1 is 1.15 bits per heavy atom. The van der Waals surface area contributed by atoms with E-state index in [-0.39, 0.29) is 19.0 Å². The Kier molecular flexibility index (Phi) is 4.60. The molecule has 0 bridgehead atoms. The maximum atomic E-state index is 12.3. The highest BCUT2D eigenvalue weighted by molar-refractivity contribution is 6.31. The van der Waals surface area contributed by atoms with E-state index in [1.807, 2.05) is 6.07 Å². The summed E-state index contributed by atoms with van der Waals surface area (Å²) < 4.78 is 26.4. The van der Waals surface area contributed by atoms with E-state index in [9.17, 15) is 4.79 Å². The highest BCUT2D eigenvalue weighted by Crippen LogP contribution is 2.36. The van der Waals surface area contributed by atoms with E-state index in [0.717, 1.165) is 5.56 Å². The van der Waals surface area contributed by atoms with Gasteiger partial charge in [0.2, 0.25) is 6.79 Å². The van der Waals surface area contributed by atoms with Crippen molar-refractivity contribution in [1.82, 2.24) is 5.16 Å². The van der Waals surface area contributed by atoms with Gasteiger partial charge in [0.15, 0.2) is 17.3 Å². The summed E-state index contributed by atoms with van der Waals surface area (Å²) in [6, 6.07) is 11.9. The predicted octanol–water partition coefficient (Wildman–Crippen LogP) is 4.09. The minimum absolute atomic E-state index is 0.0530. The molecule has 2 aromatic carbocycles. The second kappa shape index (κ2) is 7.20. The maximum Gasteiger partial charge on any atom is 0.342 e. The quantitative estimate of drug-likeness (QED) is 0.610. The monoisotopic (exact) mass is 387 g/mol. The maximum absolute atomic E-state index is 12.3. The topological polar surface area (TPSA) is 80.0 Å². The lowest BCUT2D eigenvalue weighted by Crippen LogP contribution is -2.07. The molecule has 1 aliphatic heterocycles. The van der Waals surface area contributed by atoms with E-state index in [0.29, 0.717) is 33.7 Å². The van der Waals surface area contributed by atoms with Crippen molar-refractivity contribution in [3.8, 4) is 28.6 Å². The molecule has 0 spiro atoms. The Labute approximate surface area is 159 Å². The van der Waals surface area contributed by atoms with Crippen molar-refractivity contribution in [2.75, 3.05) is 13.9 Å². The van der Waals surface area contributed by atoms with Gasteiger partial charge in [-0.25, -0.2) is 4.79 Å². The summed E-state index contributed by atoms with van der Waals surface area (Å²) in [4.78, 5) is 12.3. The van der Waals surface area contributed by atoms with Gasteiger partial charge in [0, 0.05) is 16.7 Å². The van der Waals surface area contributed by atoms with Crippen LogP contribution in [-0.4, -0.2) is 25.0 Å². The number of carbonyl (C=O) groups is 1. The molecule has 27 heavy (non-hydrogen) atoms. The van der Waals surface area contributed by atoms with Gasteiger partial charge >= 0.3 is 5.97 Å². The van der Waals surface area contributed by atoms with Crippen molar-refractivity contribution in [3.63, 3.8) is 0 Å². The van der Waals surface area contributed by atoms with Crippen molar-refractivity contribution in [3.05, 3.63) is 58.7 Å². The van der Waals surface area contributed by atoms with E-state index < -0.39 is 5.97 Å². The molecule has 0 amide bonds. The van der Waals surface area contributed by atoms with Crippen molar-refractivity contribution in [2.45, 2.75) is 6.61 Å². The number of hydrogen-bond acceptors (Lipinski definition) is 7. The van der Waals surface area contributed by atoms with Crippen LogP contribution >= 0.6 is 11.6 Å². The van der Waals surface area contributed by atoms with Crippen LogP contribution in [0.2, 0.25) is 5.02 Å². The van der Waals surface area contributed by atoms with Crippen LogP contribution in [-0.2, 0) is 11.3 Å². The highest BCUT2D eigenvalue weighted by atomic mass is 35.5. The van der Waals surface area contributed by atoms with E-state index >= 15 is 0 Å². The zero-order valence-corrected chi connectivity index (χ0v) is 15.0. The molecular formula is C19H14ClNO6. The zero-order chi connectivity index (χ0) is 18.8. The van der Waals surface area contributed by atoms with Crippen LogP contribution in [0.3, 0.4) is 0 Å². The predicted molar refractivity (Wildman–Crippen MR) is 95.2 cm³/mol. The second-order valence-corrected chi connectivity index (χ2v) is 6.11. The number of aromatic nitrogens is 1. The van der Waals surface area contributed by atoms with Gasteiger partial charge in [-0.05, 0) is 36.4 Å². The van der Waals surface area contributed by atoms with Gasteiger partial charge in [0.1, 0.15) is 23.6 Å². The van der Waals surface area contributed by atoms with Crippen molar-refractivity contribution >= 4 is 17.6 Å². The number of esters is 1. The van der Waals surface area contributed by atoms with Gasteiger partial charge in [-0.3, -0.25) is 0 Å². The van der Waals surface area contributed by atoms with E-state index in [4.69, 9.17) is 35.1 Å². The summed E-state index contributed by atoms with van der Waals surface area (Å²) >= 11 is 5.94. The van der Waals surface area contributed by atoms with Crippen LogP contribution in [0.4, 0.5) is 0 Å². The largest absolute Gasteiger partial charge is 0.496 e. The van der Waals surface area contributed by atoms with Gasteiger partial charge in [-0.1, -0.05) is 16.8 Å². The van der Waals surface area contributed by atoms with Gasteiger partial charge in [0.25, 0.3) is 0 Å². The number of benzene rings is 2. The van der Waals surface area contributed by atoms with Crippen LogP contribution in [0.25, 0.3) is 11.3 Å². The molecule has 3 aromatic rings. The molecule has 0 atom stereocenters. The summed E-state index contributed by atoms with van der Waals surface area (Å²) in [5, 5.41) is 4.34. The Bertz CT molecular complexity index is 1000. The number of rotatable bonds is 5. The van der Waals surface area contributed by atoms with Crippen LogP contribution in [0.5, 0.6) is 17.2 Å². The van der Waals surface area contributed by atoms with E-state index in [2.05, 4.69) is 5.16 Å². The van der Waals surface area contributed by atoms with Gasteiger partial charge in [-0.2, -0.15) is 0 Å². The minimum Gasteiger partial charge on any atom is -0.496 e. The Morgan fingerprint density at radius 3 is 2.85 bits per heavy atom. The number of halogens is 1. The van der Waals surface area contributed by atoms with Crippen LogP contribution in [0.1, 0.15) is 16.1 Å². The SMILES string of the molecule is COc1ccc(Cl)cc1C(=O)OCc1cc(-c2ccc3c(c2)OCO3)on1. The normalized spacial score (nSPS) is 12.1. The summed E-state index contributed by atoms with van der Waals surface area (Å²) in [6.45, 7) is 0.145. The van der Waals surface area contributed by atoms with Gasteiger partial charge < -0.3 is 23.5 Å². The van der Waals surface area contributed by atoms with Crippen molar-refractivity contribution in [1.29, 1.82) is 0 Å². The number of fused-ring (bicyclic) bond motifs is 1. The first-order valence-electron chi connectivity index (χ1n) is 8.00. The Morgan fingerprint density at radius 2 is 2.00 bits per heavy atom. The third-order valence-corrected chi connectivity index (χ3v) is 4.18. The first-order valence-corrected chi connectivity index (χ1v) is 8.38. The summed E-state index contributed by atoms with van der Waals surface area (Å²) in [5.41, 5.74) is 1.49. The fourth-order valence-electron chi connectivity index (χ4n) is 2.62. The Balaban J connectivity index is 1.46. The number of methoxy groups -OCH3 is 1. The summed E-state index contributed by atoms with van der Waals surface area (Å²) in [6.07, 6.45) is 0. The molecule has 0 unspecified atom stereocenters. The number of hydrogen-bond donors (Lipinski definition) is 0. The van der Waals surface area contributed by atoms with Gasteiger partial charge in [0.05, 0.1) is 7.11 Å². The number of nitrogens with zero attached hydrogens (tertiary/aromatic N) is 1. The molecule has 0 fully saturated rings. The molecule has 2 heterocycles. The summed E-state index contributed by atoms with van der Waals surface area (Å²) in [7, 11) is 1.47. The molecule has 1 aliphatic rings. The molecule has 138 valence electrons. The third kappa shape index (κ3) is 3.54. The number of ether oxygens (including phenoxy) is 4. The minimum atomic E-state index is -0.568. The van der Waals surface area contributed by atoms with Crippen molar-refractivity contribution in [2.24, 2.45) is 0 Å². The van der Waals surface area contributed by atoms with Crippen LogP contribution in [0, 0.1) is 0 Å². The average molecular weight is 388 g/mol. The molecule has 0 radical (unpaired) electrons. The lowest BCUT2D eigenvalue weighted by atomic mass is 10.1. The van der Waals surface area contributed by atoms with Gasteiger partial charge in [-0.15, -0.1) is 0 Å². The lowest BCUT2D eigenvalue weighted by Gasteiger charge is -2.08. The first kappa shape index (κ1) is 17.2. The summed E-state index contributed by atoms with van der Waals surface area (Å²) in [5.74, 6) is 1.67.